The molecular formula is C13H19N5O. The Balaban J connectivity index is 1.59. The van der Waals surface area contributed by atoms with Gasteiger partial charge in [-0.2, -0.15) is 10.1 Å². The summed E-state index contributed by atoms with van der Waals surface area (Å²) < 4.78 is 4.82. The molecule has 0 aromatic carbocycles. The van der Waals surface area contributed by atoms with Gasteiger partial charge in [0.1, 0.15) is 0 Å². The van der Waals surface area contributed by atoms with Crippen LogP contribution in [0.5, 0.6) is 0 Å². The highest BCUT2D eigenvalue weighted by molar-refractivity contribution is 5.23. The highest BCUT2D eigenvalue weighted by Crippen LogP contribution is 2.26. The molecule has 0 radical (unpaired) electrons. The van der Waals surface area contributed by atoms with Gasteiger partial charge < -0.3 is 4.52 Å². The molecule has 1 aliphatic heterocycles. The first-order valence-corrected chi connectivity index (χ1v) is 6.73. The predicted molar refractivity (Wildman–Crippen MR) is 69.6 cm³/mol. The van der Waals surface area contributed by atoms with E-state index in [4.69, 9.17) is 4.52 Å². The Labute approximate surface area is 112 Å². The molecule has 6 nitrogen and oxygen atoms in total. The number of aryl methyl sites for hydroxylation is 2. The van der Waals surface area contributed by atoms with Crippen LogP contribution < -0.4 is 0 Å². The van der Waals surface area contributed by atoms with Crippen molar-refractivity contribution in [1.82, 2.24) is 25.2 Å². The zero-order valence-electron chi connectivity index (χ0n) is 11.4. The fourth-order valence-corrected chi connectivity index (χ4v) is 2.74. The first-order valence-electron chi connectivity index (χ1n) is 6.73. The van der Waals surface area contributed by atoms with Crippen LogP contribution in [0.3, 0.4) is 0 Å². The molecule has 1 aliphatic rings. The van der Waals surface area contributed by atoms with Crippen LogP contribution >= 0.6 is 0 Å². The lowest BCUT2D eigenvalue weighted by molar-refractivity contribution is 0.199. The number of hydrogen-bond acceptors (Lipinski definition) is 5. The van der Waals surface area contributed by atoms with Crippen molar-refractivity contribution in [3.8, 4) is 0 Å². The standard InChI is InChI=1S/C13H19N5O/c1-9-12(10(2)16-15-9)7-18-5-3-11(4-6-18)13-14-8-19-17-13/h8,11H,3-7H2,1-2H3,(H,15,16). The molecule has 1 N–H and O–H groups in total. The van der Waals surface area contributed by atoms with Crippen molar-refractivity contribution in [1.29, 1.82) is 0 Å². The van der Waals surface area contributed by atoms with Crippen LogP contribution in [0.25, 0.3) is 0 Å². The largest absolute Gasteiger partial charge is 0.343 e. The van der Waals surface area contributed by atoms with Gasteiger partial charge in [-0.3, -0.25) is 10.00 Å². The molecule has 19 heavy (non-hydrogen) atoms. The second kappa shape index (κ2) is 5.13. The molecule has 102 valence electrons. The molecule has 0 unspecified atom stereocenters. The minimum atomic E-state index is 0.446. The van der Waals surface area contributed by atoms with E-state index in [1.807, 2.05) is 0 Å². The number of H-pyrrole nitrogens is 1. The van der Waals surface area contributed by atoms with Crippen molar-refractivity contribution in [2.75, 3.05) is 13.1 Å². The number of nitrogens with one attached hydrogen (secondary N) is 1. The fourth-order valence-electron chi connectivity index (χ4n) is 2.74. The van der Waals surface area contributed by atoms with E-state index < -0.39 is 0 Å². The van der Waals surface area contributed by atoms with Gasteiger partial charge in [0, 0.05) is 23.7 Å². The maximum atomic E-state index is 4.82. The summed E-state index contributed by atoms with van der Waals surface area (Å²) in [4.78, 5) is 6.63. The van der Waals surface area contributed by atoms with E-state index in [9.17, 15) is 0 Å². The smallest absolute Gasteiger partial charge is 0.213 e. The molecular weight excluding hydrogens is 242 g/mol. The molecule has 2 aromatic rings. The summed E-state index contributed by atoms with van der Waals surface area (Å²) >= 11 is 0. The molecule has 1 fully saturated rings. The van der Waals surface area contributed by atoms with E-state index in [2.05, 4.69) is 39.1 Å². The number of nitrogens with zero attached hydrogens (tertiary/aromatic N) is 4. The lowest BCUT2D eigenvalue weighted by Crippen LogP contribution is -2.33. The van der Waals surface area contributed by atoms with Gasteiger partial charge in [0.2, 0.25) is 6.39 Å². The Hall–Kier alpha value is -1.69. The number of rotatable bonds is 3. The third-order valence-electron chi connectivity index (χ3n) is 3.99. The number of likely N-dealkylation sites (tertiary alicyclic amines) is 1. The van der Waals surface area contributed by atoms with E-state index in [0.717, 1.165) is 44.0 Å². The molecule has 2 aromatic heterocycles. The summed E-state index contributed by atoms with van der Waals surface area (Å²) in [5.74, 6) is 1.30. The average Bonchev–Trinajstić information content (AvgIpc) is 3.05. The number of aromatic nitrogens is 4. The molecule has 3 heterocycles. The van der Waals surface area contributed by atoms with Crippen molar-refractivity contribution in [3.05, 3.63) is 29.2 Å². The Bertz CT molecular complexity index is 506. The van der Waals surface area contributed by atoms with E-state index in [-0.39, 0.29) is 0 Å². The van der Waals surface area contributed by atoms with Crippen LogP contribution in [0.1, 0.15) is 41.5 Å². The van der Waals surface area contributed by atoms with Crippen molar-refractivity contribution in [3.63, 3.8) is 0 Å². The number of hydrogen-bond donors (Lipinski definition) is 1. The third-order valence-corrected chi connectivity index (χ3v) is 3.99. The summed E-state index contributed by atoms with van der Waals surface area (Å²) in [6, 6.07) is 0. The van der Waals surface area contributed by atoms with Crippen molar-refractivity contribution < 1.29 is 4.52 Å². The topological polar surface area (TPSA) is 70.8 Å². The zero-order chi connectivity index (χ0) is 13.2. The predicted octanol–water partition coefficient (Wildman–Crippen LogP) is 1.79. The molecule has 6 heteroatoms. The van der Waals surface area contributed by atoms with Crippen LogP contribution in [0, 0.1) is 13.8 Å². The lowest BCUT2D eigenvalue weighted by atomic mass is 9.96. The molecule has 0 saturated carbocycles. The van der Waals surface area contributed by atoms with E-state index in [1.54, 1.807) is 0 Å². The third kappa shape index (κ3) is 2.53. The Kier molecular flexibility index (Phi) is 3.33. The Morgan fingerprint density at radius 3 is 2.74 bits per heavy atom. The Morgan fingerprint density at radius 1 is 1.37 bits per heavy atom. The van der Waals surface area contributed by atoms with Gasteiger partial charge in [0.25, 0.3) is 0 Å². The van der Waals surface area contributed by atoms with Crippen molar-refractivity contribution in [2.24, 2.45) is 0 Å². The minimum absolute atomic E-state index is 0.446. The highest BCUT2D eigenvalue weighted by Gasteiger charge is 2.24. The van der Waals surface area contributed by atoms with Crippen molar-refractivity contribution >= 4 is 0 Å². The van der Waals surface area contributed by atoms with Gasteiger partial charge in [-0.1, -0.05) is 5.16 Å². The van der Waals surface area contributed by atoms with Gasteiger partial charge in [0.15, 0.2) is 5.82 Å². The van der Waals surface area contributed by atoms with E-state index in [0.29, 0.717) is 5.92 Å². The lowest BCUT2D eigenvalue weighted by Gasteiger charge is -2.30. The molecule has 0 spiro atoms. The average molecular weight is 261 g/mol. The van der Waals surface area contributed by atoms with Gasteiger partial charge >= 0.3 is 0 Å². The monoisotopic (exact) mass is 261 g/mol. The molecule has 0 amide bonds. The van der Waals surface area contributed by atoms with Gasteiger partial charge in [-0.05, 0) is 39.8 Å². The summed E-state index contributed by atoms with van der Waals surface area (Å²) in [5.41, 5.74) is 3.62. The Morgan fingerprint density at radius 2 is 2.16 bits per heavy atom. The maximum Gasteiger partial charge on any atom is 0.213 e. The van der Waals surface area contributed by atoms with E-state index >= 15 is 0 Å². The highest BCUT2D eigenvalue weighted by atomic mass is 16.5. The molecule has 3 rings (SSSR count). The molecule has 0 atom stereocenters. The summed E-state index contributed by atoms with van der Waals surface area (Å²) in [6.07, 6.45) is 3.60. The van der Waals surface area contributed by atoms with Crippen molar-refractivity contribution in [2.45, 2.75) is 39.2 Å². The molecule has 0 bridgehead atoms. The van der Waals surface area contributed by atoms with Gasteiger partial charge in [0.05, 0.1) is 5.69 Å². The first kappa shape index (κ1) is 12.3. The van der Waals surface area contributed by atoms with Gasteiger partial charge in [-0.25, -0.2) is 0 Å². The maximum absolute atomic E-state index is 4.82. The fraction of sp³-hybridized carbons (Fsp3) is 0.615. The second-order valence-electron chi connectivity index (χ2n) is 5.25. The first-order chi connectivity index (χ1) is 9.24. The second-order valence-corrected chi connectivity index (χ2v) is 5.25. The van der Waals surface area contributed by atoms with Crippen LogP contribution in [-0.2, 0) is 6.54 Å². The molecule has 1 saturated heterocycles. The van der Waals surface area contributed by atoms with Crippen LogP contribution in [0.4, 0.5) is 0 Å². The number of piperidine rings is 1. The summed E-state index contributed by atoms with van der Waals surface area (Å²) in [5, 5.41) is 11.3. The zero-order valence-corrected chi connectivity index (χ0v) is 11.4. The van der Waals surface area contributed by atoms with Crippen LogP contribution in [0.15, 0.2) is 10.9 Å². The SMILES string of the molecule is Cc1n[nH]c(C)c1CN1CCC(c2ncon2)CC1. The van der Waals surface area contributed by atoms with Crippen LogP contribution in [-0.4, -0.2) is 38.3 Å². The quantitative estimate of drug-likeness (QED) is 0.912. The van der Waals surface area contributed by atoms with Crippen LogP contribution in [0.2, 0.25) is 0 Å². The minimum Gasteiger partial charge on any atom is -0.343 e. The normalized spacial score (nSPS) is 18.0. The number of aromatic amines is 1. The summed E-state index contributed by atoms with van der Waals surface area (Å²) in [7, 11) is 0. The summed E-state index contributed by atoms with van der Waals surface area (Å²) in [6.45, 7) is 7.27. The van der Waals surface area contributed by atoms with Gasteiger partial charge in [-0.15, -0.1) is 0 Å². The molecule has 0 aliphatic carbocycles. The van der Waals surface area contributed by atoms with E-state index in [1.165, 1.54) is 17.7 Å².